The molecule has 0 aromatic rings. The molecule has 2 unspecified atom stereocenters. The second kappa shape index (κ2) is 4.39. The molecular formula is C8H17NO3S. The van der Waals surface area contributed by atoms with Crippen LogP contribution in [0.15, 0.2) is 0 Å². The number of hydrogen-bond acceptors (Lipinski definition) is 4. The van der Waals surface area contributed by atoms with Gasteiger partial charge in [-0.05, 0) is 19.8 Å². The van der Waals surface area contributed by atoms with Gasteiger partial charge in [0.05, 0.1) is 23.7 Å². The fourth-order valence-electron chi connectivity index (χ4n) is 1.47. The monoisotopic (exact) mass is 207 g/mol. The Morgan fingerprint density at radius 3 is 2.85 bits per heavy atom. The van der Waals surface area contributed by atoms with Crippen LogP contribution in [0.2, 0.25) is 0 Å². The molecule has 1 rings (SSSR count). The van der Waals surface area contributed by atoms with Gasteiger partial charge in [-0.25, -0.2) is 8.42 Å². The van der Waals surface area contributed by atoms with Crippen molar-refractivity contribution in [3.05, 3.63) is 0 Å². The molecular weight excluding hydrogens is 190 g/mol. The Morgan fingerprint density at radius 2 is 2.31 bits per heavy atom. The lowest BCUT2D eigenvalue weighted by atomic mass is 10.2. The lowest BCUT2D eigenvalue weighted by Crippen LogP contribution is -2.35. The highest BCUT2D eigenvalue weighted by molar-refractivity contribution is 7.91. The lowest BCUT2D eigenvalue weighted by molar-refractivity contribution is 0.00899. The molecule has 1 aliphatic rings. The molecule has 0 aliphatic carbocycles. The summed E-state index contributed by atoms with van der Waals surface area (Å²) in [7, 11) is -2.85. The van der Waals surface area contributed by atoms with Crippen molar-refractivity contribution >= 4 is 9.84 Å². The van der Waals surface area contributed by atoms with Crippen LogP contribution in [0.1, 0.15) is 19.8 Å². The third kappa shape index (κ3) is 3.62. The third-order valence-corrected chi connectivity index (χ3v) is 3.97. The zero-order valence-electron chi connectivity index (χ0n) is 7.90. The molecule has 13 heavy (non-hydrogen) atoms. The largest absolute Gasteiger partial charge is 0.373 e. The van der Waals surface area contributed by atoms with Crippen LogP contribution in [0, 0.1) is 0 Å². The van der Waals surface area contributed by atoms with Gasteiger partial charge >= 0.3 is 0 Å². The Balaban J connectivity index is 2.43. The summed E-state index contributed by atoms with van der Waals surface area (Å²) in [5.74, 6) is 0.473. The van der Waals surface area contributed by atoms with Crippen molar-refractivity contribution in [2.24, 2.45) is 5.73 Å². The molecule has 5 heteroatoms. The Kier molecular flexibility index (Phi) is 3.70. The average molecular weight is 207 g/mol. The van der Waals surface area contributed by atoms with E-state index in [1.54, 1.807) is 0 Å². The molecule has 1 saturated heterocycles. The number of hydrogen-bond donors (Lipinski definition) is 1. The molecule has 1 aliphatic heterocycles. The summed E-state index contributed by atoms with van der Waals surface area (Å²) in [6, 6.07) is 0. The van der Waals surface area contributed by atoms with Gasteiger partial charge in [0.25, 0.3) is 0 Å². The van der Waals surface area contributed by atoms with Gasteiger partial charge in [-0.2, -0.15) is 0 Å². The van der Waals surface area contributed by atoms with Crippen LogP contribution in [0.4, 0.5) is 0 Å². The van der Waals surface area contributed by atoms with E-state index in [9.17, 15) is 8.42 Å². The summed E-state index contributed by atoms with van der Waals surface area (Å²) < 4.78 is 27.9. The van der Waals surface area contributed by atoms with Crippen LogP contribution in [-0.4, -0.2) is 38.7 Å². The van der Waals surface area contributed by atoms with Gasteiger partial charge in [0.1, 0.15) is 0 Å². The van der Waals surface area contributed by atoms with E-state index in [4.69, 9.17) is 10.5 Å². The minimum atomic E-state index is -2.85. The van der Waals surface area contributed by atoms with Crippen LogP contribution >= 0.6 is 0 Å². The smallest absolute Gasteiger partial charge is 0.152 e. The van der Waals surface area contributed by atoms with Crippen molar-refractivity contribution in [2.75, 3.05) is 18.1 Å². The Morgan fingerprint density at radius 1 is 1.62 bits per heavy atom. The first-order valence-electron chi connectivity index (χ1n) is 4.59. The minimum Gasteiger partial charge on any atom is -0.373 e. The van der Waals surface area contributed by atoms with E-state index in [1.165, 1.54) is 0 Å². The van der Waals surface area contributed by atoms with E-state index >= 15 is 0 Å². The maximum atomic E-state index is 11.2. The molecule has 2 atom stereocenters. The highest BCUT2D eigenvalue weighted by Gasteiger charge is 2.26. The lowest BCUT2D eigenvalue weighted by Gasteiger charge is -2.25. The molecule has 0 saturated carbocycles. The maximum absolute atomic E-state index is 11.2. The number of ether oxygens (including phenoxy) is 1. The molecule has 0 aromatic heterocycles. The Bertz CT molecular complexity index is 250. The Labute approximate surface area is 79.4 Å². The van der Waals surface area contributed by atoms with E-state index < -0.39 is 9.84 Å². The van der Waals surface area contributed by atoms with Gasteiger partial charge in [0, 0.05) is 6.54 Å². The van der Waals surface area contributed by atoms with E-state index in [0.717, 1.165) is 6.42 Å². The maximum Gasteiger partial charge on any atom is 0.152 e. The van der Waals surface area contributed by atoms with Crippen molar-refractivity contribution in [3.8, 4) is 0 Å². The van der Waals surface area contributed by atoms with E-state index in [2.05, 4.69) is 0 Å². The van der Waals surface area contributed by atoms with Crippen molar-refractivity contribution in [1.29, 1.82) is 0 Å². The number of rotatable bonds is 3. The van der Waals surface area contributed by atoms with Crippen LogP contribution in [-0.2, 0) is 14.6 Å². The zero-order valence-corrected chi connectivity index (χ0v) is 8.72. The molecule has 0 spiro atoms. The van der Waals surface area contributed by atoms with Gasteiger partial charge in [0.15, 0.2) is 9.84 Å². The highest BCUT2D eigenvalue weighted by Crippen LogP contribution is 2.16. The zero-order chi connectivity index (χ0) is 9.90. The summed E-state index contributed by atoms with van der Waals surface area (Å²) >= 11 is 0. The van der Waals surface area contributed by atoms with E-state index in [-0.39, 0.29) is 18.0 Å². The van der Waals surface area contributed by atoms with Crippen molar-refractivity contribution in [2.45, 2.75) is 32.0 Å². The van der Waals surface area contributed by atoms with Gasteiger partial charge in [-0.3, -0.25) is 0 Å². The van der Waals surface area contributed by atoms with E-state index in [0.29, 0.717) is 18.7 Å². The summed E-state index contributed by atoms with van der Waals surface area (Å²) in [5.41, 5.74) is 5.38. The van der Waals surface area contributed by atoms with Crippen molar-refractivity contribution < 1.29 is 13.2 Å². The van der Waals surface area contributed by atoms with Crippen LogP contribution in [0.3, 0.4) is 0 Å². The Hall–Kier alpha value is -0.130. The second-order valence-corrected chi connectivity index (χ2v) is 5.79. The third-order valence-electron chi connectivity index (χ3n) is 2.18. The number of nitrogens with two attached hydrogens (primary N) is 1. The molecule has 0 radical (unpaired) electrons. The topological polar surface area (TPSA) is 69.4 Å². The molecule has 78 valence electrons. The number of sulfone groups is 1. The quantitative estimate of drug-likeness (QED) is 0.703. The first-order chi connectivity index (χ1) is 6.03. The molecule has 1 fully saturated rings. The van der Waals surface area contributed by atoms with E-state index in [1.807, 2.05) is 6.92 Å². The van der Waals surface area contributed by atoms with Gasteiger partial charge in [0.2, 0.25) is 0 Å². The minimum absolute atomic E-state index is 0.0432. The fraction of sp³-hybridized carbons (Fsp3) is 1.00. The summed E-state index contributed by atoms with van der Waals surface area (Å²) in [5, 5.41) is 0. The predicted octanol–water partition coefficient (Wildman–Crippen LogP) is -0.0726. The second-order valence-electron chi connectivity index (χ2n) is 3.56. The molecule has 0 aromatic carbocycles. The van der Waals surface area contributed by atoms with Crippen molar-refractivity contribution in [3.63, 3.8) is 0 Å². The molecule has 0 amide bonds. The standard InChI is InChI=1S/C8H17NO3S/c1-7(5-9)12-8-3-2-4-13(10,11)6-8/h7-8H,2-6,9H2,1H3. The van der Waals surface area contributed by atoms with Crippen LogP contribution in [0.25, 0.3) is 0 Å². The van der Waals surface area contributed by atoms with Crippen LogP contribution in [0.5, 0.6) is 0 Å². The summed E-state index contributed by atoms with van der Waals surface area (Å²) in [6.07, 6.45) is 1.36. The normalized spacial score (nSPS) is 29.8. The summed E-state index contributed by atoms with van der Waals surface area (Å²) in [4.78, 5) is 0. The summed E-state index contributed by atoms with van der Waals surface area (Å²) in [6.45, 7) is 2.30. The van der Waals surface area contributed by atoms with Gasteiger partial charge in [-0.1, -0.05) is 0 Å². The average Bonchev–Trinajstić information content (AvgIpc) is 2.02. The molecule has 1 heterocycles. The SMILES string of the molecule is CC(CN)OC1CCCS(=O)(=O)C1. The first kappa shape index (κ1) is 10.9. The fourth-order valence-corrected chi connectivity index (χ4v) is 3.06. The molecule has 4 nitrogen and oxygen atoms in total. The van der Waals surface area contributed by atoms with Crippen LogP contribution < -0.4 is 5.73 Å². The van der Waals surface area contributed by atoms with Gasteiger partial charge < -0.3 is 10.5 Å². The first-order valence-corrected chi connectivity index (χ1v) is 6.41. The predicted molar refractivity (Wildman–Crippen MR) is 51.3 cm³/mol. The molecule has 2 N–H and O–H groups in total. The van der Waals surface area contributed by atoms with Crippen molar-refractivity contribution in [1.82, 2.24) is 0 Å². The van der Waals surface area contributed by atoms with Gasteiger partial charge in [-0.15, -0.1) is 0 Å². The molecule has 0 bridgehead atoms. The highest BCUT2D eigenvalue weighted by atomic mass is 32.2.